The number of ether oxygens (including phenoxy) is 1. The van der Waals surface area contributed by atoms with Crippen LogP contribution in [-0.4, -0.2) is 18.7 Å². The zero-order chi connectivity index (χ0) is 24.4. The second-order valence-electron chi connectivity index (χ2n) is 9.29. The molecule has 3 nitrogen and oxygen atoms in total. The molecule has 6 aromatic rings. The molecule has 1 aliphatic carbocycles. The summed E-state index contributed by atoms with van der Waals surface area (Å²) in [5.74, 6) is -0.455. The van der Waals surface area contributed by atoms with Gasteiger partial charge in [-0.25, -0.2) is 0 Å². The maximum Gasteiger partial charge on any atom is 0.228 e. The number of carbonyl (C=O) groups excluding carboxylic acids is 2. The smallest absolute Gasteiger partial charge is 0.228 e. The van der Waals surface area contributed by atoms with Gasteiger partial charge in [0.15, 0.2) is 11.5 Å². The topological polar surface area (TPSA) is 43.4 Å². The van der Waals surface area contributed by atoms with Crippen molar-refractivity contribution in [2.24, 2.45) is 0 Å². The molecule has 0 spiro atoms. The summed E-state index contributed by atoms with van der Waals surface area (Å²) in [6.07, 6.45) is 2.65. The van der Waals surface area contributed by atoms with Crippen LogP contribution in [0, 0.1) is 0 Å². The number of rotatable bonds is 2. The Labute approximate surface area is 206 Å². The van der Waals surface area contributed by atoms with Crippen LogP contribution in [0.2, 0.25) is 0 Å². The Bertz CT molecular complexity index is 2010. The van der Waals surface area contributed by atoms with E-state index in [4.69, 9.17) is 4.74 Å². The molecule has 1 aliphatic rings. The van der Waals surface area contributed by atoms with Crippen molar-refractivity contribution in [2.45, 2.75) is 0 Å². The molecule has 0 N–H and O–H groups in total. The molecule has 0 aromatic heterocycles. The molecule has 3 heteroatoms. The summed E-state index contributed by atoms with van der Waals surface area (Å²) in [6, 6.07) is 31.9. The number of allylic oxidation sites excluding steroid dienone is 3. The molecule has 0 heterocycles. The van der Waals surface area contributed by atoms with Gasteiger partial charge in [-0.3, -0.25) is 9.59 Å². The Morgan fingerprint density at radius 1 is 0.528 bits per heavy atom. The van der Waals surface area contributed by atoms with Gasteiger partial charge in [-0.1, -0.05) is 54.6 Å². The van der Waals surface area contributed by atoms with E-state index in [1.54, 1.807) is 0 Å². The summed E-state index contributed by atoms with van der Waals surface area (Å²) < 4.78 is 5.19. The van der Waals surface area contributed by atoms with Crippen LogP contribution in [0.1, 0.15) is 5.56 Å². The van der Waals surface area contributed by atoms with Crippen LogP contribution >= 0.6 is 0 Å². The molecule has 0 bridgehead atoms. The van der Waals surface area contributed by atoms with E-state index >= 15 is 0 Å². The largest absolute Gasteiger partial charge is 0.492 e. The van der Waals surface area contributed by atoms with Crippen molar-refractivity contribution in [1.29, 1.82) is 0 Å². The van der Waals surface area contributed by atoms with Crippen molar-refractivity contribution in [1.82, 2.24) is 0 Å². The van der Waals surface area contributed by atoms with Crippen LogP contribution in [-0.2, 0) is 14.3 Å². The molecule has 0 saturated heterocycles. The van der Waals surface area contributed by atoms with Gasteiger partial charge in [-0.2, -0.15) is 0 Å². The molecule has 0 fully saturated rings. The van der Waals surface area contributed by atoms with Crippen molar-refractivity contribution >= 4 is 71.0 Å². The highest BCUT2D eigenvalue weighted by molar-refractivity contribution is 6.37. The van der Waals surface area contributed by atoms with Gasteiger partial charge in [-0.15, -0.1) is 0 Å². The maximum atomic E-state index is 13.1. The van der Waals surface area contributed by atoms with Crippen LogP contribution in [0.15, 0.2) is 109 Å². The highest BCUT2D eigenvalue weighted by Crippen LogP contribution is 2.36. The molecular weight excluding hydrogens is 444 g/mol. The lowest BCUT2D eigenvalue weighted by Crippen LogP contribution is -2.14. The van der Waals surface area contributed by atoms with E-state index in [9.17, 15) is 9.59 Å². The molecule has 170 valence electrons. The number of Topliss-reactive ketones (excluding diaryl/α,β-unsaturated/α-hetero) is 1. The highest BCUT2D eigenvalue weighted by atomic mass is 16.5. The van der Waals surface area contributed by atoms with E-state index in [1.165, 1.54) is 40.8 Å². The predicted molar refractivity (Wildman–Crippen MR) is 147 cm³/mol. The molecule has 7 rings (SSSR count). The first kappa shape index (κ1) is 20.6. The van der Waals surface area contributed by atoms with Crippen molar-refractivity contribution in [3.63, 3.8) is 0 Å². The second-order valence-corrected chi connectivity index (χ2v) is 9.29. The quantitative estimate of drug-likeness (QED) is 0.151. The number of ketones is 2. The van der Waals surface area contributed by atoms with Gasteiger partial charge in [-0.05, 0) is 102 Å². The molecule has 36 heavy (non-hydrogen) atoms. The fourth-order valence-corrected chi connectivity index (χ4v) is 5.44. The van der Waals surface area contributed by atoms with Gasteiger partial charge < -0.3 is 4.74 Å². The average molecular weight is 465 g/mol. The summed E-state index contributed by atoms with van der Waals surface area (Å²) in [7, 11) is 1.41. The van der Waals surface area contributed by atoms with Crippen LogP contribution in [0.5, 0.6) is 0 Å². The minimum absolute atomic E-state index is 0.0689. The number of hydrogen-bond donors (Lipinski definition) is 0. The van der Waals surface area contributed by atoms with E-state index in [0.717, 1.165) is 37.9 Å². The minimum Gasteiger partial charge on any atom is -0.492 e. The van der Waals surface area contributed by atoms with Gasteiger partial charge >= 0.3 is 0 Å². The van der Waals surface area contributed by atoms with Crippen molar-refractivity contribution in [2.75, 3.05) is 7.11 Å². The van der Waals surface area contributed by atoms with Gasteiger partial charge in [0.25, 0.3) is 0 Å². The third-order valence-electron chi connectivity index (χ3n) is 7.19. The standard InChI is InChI=1S/C33H20O3/c1-36-32-17-26(34)16-31(33(32)35)27-8-4-7-21-13-22-9-10-23-14-24-11-19-5-2-3-6-20(19)12-25(24)15-28(23)30(22)18-29(21)27/h2-18H,1H3. The Morgan fingerprint density at radius 2 is 1.11 bits per heavy atom. The lowest BCUT2D eigenvalue weighted by atomic mass is 9.89. The maximum absolute atomic E-state index is 13.1. The first-order valence-corrected chi connectivity index (χ1v) is 11.9. The number of benzene rings is 6. The average Bonchev–Trinajstić information content (AvgIpc) is 2.90. The number of carbonyl (C=O) groups is 2. The van der Waals surface area contributed by atoms with Crippen LogP contribution in [0.3, 0.4) is 0 Å². The molecule has 0 atom stereocenters. The predicted octanol–water partition coefficient (Wildman–Crippen LogP) is 7.52. The van der Waals surface area contributed by atoms with Crippen LogP contribution in [0.4, 0.5) is 0 Å². The molecule has 6 aromatic carbocycles. The first-order chi connectivity index (χ1) is 17.6. The third-order valence-corrected chi connectivity index (χ3v) is 7.19. The van der Waals surface area contributed by atoms with E-state index in [0.29, 0.717) is 5.57 Å². The monoisotopic (exact) mass is 464 g/mol. The Hall–Kier alpha value is -4.76. The summed E-state index contributed by atoms with van der Waals surface area (Å²) in [6.45, 7) is 0. The van der Waals surface area contributed by atoms with Crippen molar-refractivity contribution in [3.05, 3.63) is 114 Å². The summed E-state index contributed by atoms with van der Waals surface area (Å²) in [5.41, 5.74) is 1.10. The fourth-order valence-electron chi connectivity index (χ4n) is 5.44. The lowest BCUT2D eigenvalue weighted by Gasteiger charge is -2.15. The third kappa shape index (κ3) is 3.06. The lowest BCUT2D eigenvalue weighted by molar-refractivity contribution is -0.116. The van der Waals surface area contributed by atoms with Gasteiger partial charge in [0, 0.05) is 11.6 Å². The fraction of sp³-hybridized carbons (Fsp3) is 0.0303. The normalized spacial score (nSPS) is 14.1. The van der Waals surface area contributed by atoms with Gasteiger partial charge in [0.1, 0.15) is 0 Å². The van der Waals surface area contributed by atoms with E-state index < -0.39 is 0 Å². The Balaban J connectivity index is 1.52. The second kappa shape index (κ2) is 7.62. The van der Waals surface area contributed by atoms with Crippen LogP contribution in [0.25, 0.3) is 59.4 Å². The molecule has 0 saturated carbocycles. The molecule has 0 aliphatic heterocycles. The summed E-state index contributed by atoms with van der Waals surface area (Å²) in [4.78, 5) is 25.4. The van der Waals surface area contributed by atoms with Crippen LogP contribution < -0.4 is 0 Å². The molecule has 0 amide bonds. The molecule has 0 radical (unpaired) electrons. The van der Waals surface area contributed by atoms with E-state index in [2.05, 4.69) is 72.8 Å². The first-order valence-electron chi connectivity index (χ1n) is 11.9. The Kier molecular flexibility index (Phi) is 4.36. The molecular formula is C33H20O3. The highest BCUT2D eigenvalue weighted by Gasteiger charge is 2.25. The zero-order valence-electron chi connectivity index (χ0n) is 19.5. The number of hydrogen-bond acceptors (Lipinski definition) is 3. The zero-order valence-corrected chi connectivity index (χ0v) is 19.5. The van der Waals surface area contributed by atoms with Gasteiger partial charge in [0.05, 0.1) is 7.11 Å². The minimum atomic E-state index is -0.277. The molecule has 0 unspecified atom stereocenters. The SMILES string of the molecule is COC1=CC(=O)C=C(c2cccc3cc4ccc5cc6cc7ccccc7cc6cc5c4cc23)C1=O. The van der Waals surface area contributed by atoms with Crippen molar-refractivity contribution < 1.29 is 14.3 Å². The summed E-state index contributed by atoms with van der Waals surface area (Å²) in [5, 5.41) is 11.3. The van der Waals surface area contributed by atoms with E-state index in [1.807, 2.05) is 18.2 Å². The number of methoxy groups -OCH3 is 1. The van der Waals surface area contributed by atoms with Gasteiger partial charge in [0.2, 0.25) is 5.78 Å². The summed E-state index contributed by atoms with van der Waals surface area (Å²) >= 11 is 0. The van der Waals surface area contributed by atoms with E-state index in [-0.39, 0.29) is 17.3 Å². The van der Waals surface area contributed by atoms with Crippen molar-refractivity contribution in [3.8, 4) is 0 Å². The number of fused-ring (bicyclic) bond motifs is 6. The Morgan fingerprint density at radius 3 is 1.83 bits per heavy atom.